The van der Waals surface area contributed by atoms with Crippen LogP contribution in [0.5, 0.6) is 0 Å². The number of hydrogen-bond acceptors (Lipinski definition) is 2. The molecule has 17 heavy (non-hydrogen) atoms. The van der Waals surface area contributed by atoms with Crippen LogP contribution in [-0.4, -0.2) is 14.5 Å². The van der Waals surface area contributed by atoms with Gasteiger partial charge in [-0.25, -0.2) is 4.98 Å². The number of hydrogen-bond donors (Lipinski definition) is 0. The fourth-order valence-corrected chi connectivity index (χ4v) is 1.86. The van der Waals surface area contributed by atoms with Crippen LogP contribution in [0.2, 0.25) is 0 Å². The van der Waals surface area contributed by atoms with Gasteiger partial charge in [-0.2, -0.15) is 0 Å². The van der Waals surface area contributed by atoms with Crippen LogP contribution in [0.25, 0.3) is 11.0 Å². The number of pyridine rings is 1. The van der Waals surface area contributed by atoms with Gasteiger partial charge in [0.1, 0.15) is 5.52 Å². The van der Waals surface area contributed by atoms with Crippen LogP contribution in [0.3, 0.4) is 0 Å². The average Bonchev–Trinajstić information content (AvgIpc) is 2.57. The van der Waals surface area contributed by atoms with Crippen LogP contribution in [-0.2, 0) is 11.0 Å². The molecule has 92 valence electrons. The number of imidazole rings is 1. The molecule has 0 atom stereocenters. The number of rotatable bonds is 0. The van der Waals surface area contributed by atoms with Crippen LogP contribution in [0.15, 0.2) is 18.6 Å². The molecule has 2 aromatic rings. The third kappa shape index (κ3) is 2.19. The summed E-state index contributed by atoms with van der Waals surface area (Å²) in [4.78, 5) is 8.91. The van der Waals surface area contributed by atoms with Crippen molar-refractivity contribution in [2.75, 3.05) is 0 Å². The second-order valence-corrected chi connectivity index (χ2v) is 6.59. The summed E-state index contributed by atoms with van der Waals surface area (Å²) in [5.74, 6) is 0. The third-order valence-electron chi connectivity index (χ3n) is 2.92. The van der Waals surface area contributed by atoms with Gasteiger partial charge in [-0.05, 0) is 26.8 Å². The molecule has 0 saturated carbocycles. The minimum Gasteiger partial charge on any atom is -0.325 e. The van der Waals surface area contributed by atoms with Crippen molar-refractivity contribution in [3.8, 4) is 0 Å². The molecule has 3 nitrogen and oxygen atoms in total. The predicted molar refractivity (Wildman–Crippen MR) is 71.2 cm³/mol. The van der Waals surface area contributed by atoms with Crippen molar-refractivity contribution in [1.82, 2.24) is 14.5 Å². The Balaban J connectivity index is 2.67. The molecule has 2 heterocycles. The molecule has 2 rings (SSSR count). The highest BCUT2D eigenvalue weighted by Crippen LogP contribution is 2.26. The minimum absolute atomic E-state index is 0.0469. The van der Waals surface area contributed by atoms with E-state index in [-0.39, 0.29) is 11.0 Å². The van der Waals surface area contributed by atoms with E-state index in [1.165, 1.54) is 0 Å². The lowest BCUT2D eigenvalue weighted by atomic mass is 9.91. The van der Waals surface area contributed by atoms with E-state index in [0.717, 1.165) is 16.7 Å². The molecule has 0 aliphatic heterocycles. The maximum atomic E-state index is 4.50. The molecule has 3 heteroatoms. The van der Waals surface area contributed by atoms with Crippen molar-refractivity contribution in [2.24, 2.45) is 0 Å². The van der Waals surface area contributed by atoms with Crippen molar-refractivity contribution < 1.29 is 0 Å². The Bertz CT molecular complexity index is 539. The Hall–Kier alpha value is -1.38. The van der Waals surface area contributed by atoms with E-state index in [1.807, 2.05) is 12.5 Å². The van der Waals surface area contributed by atoms with Crippen molar-refractivity contribution in [1.29, 1.82) is 0 Å². The number of nitrogens with zero attached hydrogens (tertiary/aromatic N) is 3. The number of aromatic nitrogens is 3. The molecule has 0 amide bonds. The van der Waals surface area contributed by atoms with Crippen LogP contribution in [0, 0.1) is 0 Å². The molecule has 0 saturated heterocycles. The summed E-state index contributed by atoms with van der Waals surface area (Å²) >= 11 is 0. The molecule has 0 N–H and O–H groups in total. The summed E-state index contributed by atoms with van der Waals surface area (Å²) in [6.07, 6.45) is 3.77. The Morgan fingerprint density at radius 1 is 1.00 bits per heavy atom. The van der Waals surface area contributed by atoms with Gasteiger partial charge in [-0.15, -0.1) is 0 Å². The lowest BCUT2D eigenvalue weighted by molar-refractivity contribution is 0.408. The lowest BCUT2D eigenvalue weighted by Gasteiger charge is -2.23. The lowest BCUT2D eigenvalue weighted by Crippen LogP contribution is -2.21. The topological polar surface area (TPSA) is 30.7 Å². The predicted octanol–water partition coefficient (Wildman–Crippen LogP) is 3.48. The van der Waals surface area contributed by atoms with Gasteiger partial charge in [0.15, 0.2) is 0 Å². The first kappa shape index (κ1) is 12.1. The Labute approximate surface area is 103 Å². The fraction of sp³-hybridized carbons (Fsp3) is 0.571. The van der Waals surface area contributed by atoms with E-state index in [1.54, 1.807) is 0 Å². The van der Waals surface area contributed by atoms with E-state index >= 15 is 0 Å². The second-order valence-electron chi connectivity index (χ2n) is 6.59. The van der Waals surface area contributed by atoms with Crippen molar-refractivity contribution in [2.45, 2.75) is 52.5 Å². The second kappa shape index (κ2) is 3.56. The monoisotopic (exact) mass is 231 g/mol. The van der Waals surface area contributed by atoms with Crippen LogP contribution >= 0.6 is 0 Å². The quantitative estimate of drug-likeness (QED) is 0.695. The normalized spacial score (nSPS) is 13.3. The molecule has 0 bridgehead atoms. The largest absolute Gasteiger partial charge is 0.325 e. The minimum atomic E-state index is 0.0469. The summed E-state index contributed by atoms with van der Waals surface area (Å²) in [5, 5.41) is 0. The van der Waals surface area contributed by atoms with Crippen LogP contribution in [0.4, 0.5) is 0 Å². The number of fused-ring (bicyclic) bond motifs is 1. The van der Waals surface area contributed by atoms with E-state index in [4.69, 9.17) is 0 Å². The van der Waals surface area contributed by atoms with Crippen molar-refractivity contribution in [3.05, 3.63) is 24.3 Å². The highest BCUT2D eigenvalue weighted by Gasteiger charge is 2.20. The molecule has 0 spiro atoms. The summed E-state index contributed by atoms with van der Waals surface area (Å²) in [7, 11) is 0. The van der Waals surface area contributed by atoms with Gasteiger partial charge in [0.05, 0.1) is 18.0 Å². The van der Waals surface area contributed by atoms with Gasteiger partial charge in [-0.3, -0.25) is 4.98 Å². The summed E-state index contributed by atoms with van der Waals surface area (Å²) in [6.45, 7) is 13.1. The van der Waals surface area contributed by atoms with Gasteiger partial charge < -0.3 is 4.57 Å². The maximum Gasteiger partial charge on any atom is 0.107 e. The van der Waals surface area contributed by atoms with Gasteiger partial charge in [-0.1, -0.05) is 20.8 Å². The van der Waals surface area contributed by atoms with Gasteiger partial charge in [0.25, 0.3) is 0 Å². The zero-order valence-corrected chi connectivity index (χ0v) is 11.6. The first-order valence-corrected chi connectivity index (χ1v) is 6.04. The molecular weight excluding hydrogens is 210 g/mol. The van der Waals surface area contributed by atoms with Crippen LogP contribution < -0.4 is 0 Å². The molecular formula is C14H21N3. The first-order chi connectivity index (χ1) is 7.69. The molecule has 0 radical (unpaired) electrons. The molecule has 0 aliphatic carbocycles. The summed E-state index contributed by atoms with van der Waals surface area (Å²) < 4.78 is 2.21. The zero-order valence-electron chi connectivity index (χ0n) is 11.6. The molecule has 0 aliphatic rings. The zero-order chi connectivity index (χ0) is 12.8. The van der Waals surface area contributed by atoms with Crippen molar-refractivity contribution >= 4 is 11.0 Å². The maximum absolute atomic E-state index is 4.50. The van der Waals surface area contributed by atoms with Crippen molar-refractivity contribution in [3.63, 3.8) is 0 Å². The van der Waals surface area contributed by atoms with Gasteiger partial charge in [0, 0.05) is 16.6 Å². The summed E-state index contributed by atoms with van der Waals surface area (Å²) in [5.41, 5.74) is 3.35. The average molecular weight is 231 g/mol. The molecule has 2 aromatic heterocycles. The Morgan fingerprint density at radius 2 is 1.65 bits per heavy atom. The highest BCUT2D eigenvalue weighted by atomic mass is 15.1. The van der Waals surface area contributed by atoms with E-state index in [2.05, 4.69) is 62.1 Å². The standard InChI is InChI=1S/C14H21N3/c1-13(2,3)12-7-11-10(8-15-12)16-9-17(11)14(4,5)6/h7-9H,1-6H3. The summed E-state index contributed by atoms with van der Waals surface area (Å²) in [6, 6.07) is 2.16. The Morgan fingerprint density at radius 3 is 2.18 bits per heavy atom. The van der Waals surface area contributed by atoms with E-state index in [9.17, 15) is 0 Å². The molecule has 0 unspecified atom stereocenters. The smallest absolute Gasteiger partial charge is 0.107 e. The van der Waals surface area contributed by atoms with Crippen LogP contribution in [0.1, 0.15) is 47.2 Å². The third-order valence-corrected chi connectivity index (χ3v) is 2.92. The van der Waals surface area contributed by atoms with Gasteiger partial charge in [0.2, 0.25) is 0 Å². The first-order valence-electron chi connectivity index (χ1n) is 6.04. The molecule has 0 aromatic carbocycles. The highest BCUT2D eigenvalue weighted by molar-refractivity contribution is 5.75. The van der Waals surface area contributed by atoms with Gasteiger partial charge >= 0.3 is 0 Å². The molecule has 0 fully saturated rings. The SMILES string of the molecule is CC(C)(C)c1cc2c(cn1)ncn2C(C)(C)C. The van der Waals surface area contributed by atoms with E-state index in [0.29, 0.717) is 0 Å². The fourth-order valence-electron chi connectivity index (χ4n) is 1.86. The Kier molecular flexibility index (Phi) is 2.53. The van der Waals surface area contributed by atoms with E-state index < -0.39 is 0 Å².